The maximum absolute atomic E-state index is 6.27. The third kappa shape index (κ3) is 2.56. The normalized spacial score (nSPS) is 33.8. The van der Waals surface area contributed by atoms with Crippen molar-refractivity contribution in [1.29, 1.82) is 0 Å². The van der Waals surface area contributed by atoms with Crippen LogP contribution < -0.4 is 5.73 Å². The number of aromatic nitrogens is 4. The van der Waals surface area contributed by atoms with Gasteiger partial charge < -0.3 is 5.73 Å². The fourth-order valence-electron chi connectivity index (χ4n) is 3.86. The predicted octanol–water partition coefficient (Wildman–Crippen LogP) is 0.989. The Morgan fingerprint density at radius 2 is 2.00 bits per heavy atom. The third-order valence-electron chi connectivity index (χ3n) is 5.05. The van der Waals surface area contributed by atoms with Crippen molar-refractivity contribution in [3.63, 3.8) is 0 Å². The van der Waals surface area contributed by atoms with E-state index in [4.69, 9.17) is 5.73 Å². The van der Waals surface area contributed by atoms with E-state index in [0.29, 0.717) is 18.0 Å². The van der Waals surface area contributed by atoms with Gasteiger partial charge in [0, 0.05) is 19.1 Å². The second-order valence-electron chi connectivity index (χ2n) is 6.48. The molecule has 7 heteroatoms. The van der Waals surface area contributed by atoms with Crippen LogP contribution in [0, 0.1) is 11.8 Å². The molecule has 0 aromatic carbocycles. The van der Waals surface area contributed by atoms with Gasteiger partial charge in [0.15, 0.2) is 5.82 Å². The molecule has 1 saturated heterocycles. The van der Waals surface area contributed by atoms with Gasteiger partial charge in [-0.1, -0.05) is 6.42 Å². The summed E-state index contributed by atoms with van der Waals surface area (Å²) in [5, 5.41) is 12.2. The summed E-state index contributed by atoms with van der Waals surface area (Å²) in [4.78, 5) is 2.51. The SMILES string of the molecule is Cl.NC1CCCC2CN(Cc3nnnn3C3CC3)CC12. The van der Waals surface area contributed by atoms with Crippen LogP contribution in [-0.2, 0) is 6.54 Å². The number of likely N-dealkylation sites (tertiary alicyclic amines) is 1. The highest BCUT2D eigenvalue weighted by molar-refractivity contribution is 5.85. The average Bonchev–Trinajstić information content (AvgIpc) is 2.99. The largest absolute Gasteiger partial charge is 0.327 e. The minimum absolute atomic E-state index is 0. The van der Waals surface area contributed by atoms with Crippen molar-refractivity contribution in [3.8, 4) is 0 Å². The van der Waals surface area contributed by atoms with Gasteiger partial charge in [0.2, 0.25) is 0 Å². The first kappa shape index (κ1) is 14.2. The van der Waals surface area contributed by atoms with Crippen molar-refractivity contribution in [2.45, 2.75) is 50.7 Å². The standard InChI is InChI=1S/C13H22N6.ClH/c14-12-3-1-2-9-6-18(7-11(9)12)8-13-15-16-17-19(13)10-4-5-10;/h9-12H,1-8,14H2;1H. The monoisotopic (exact) mass is 298 g/mol. The first-order chi connectivity index (χ1) is 9.31. The van der Waals surface area contributed by atoms with Crippen LogP contribution in [0.3, 0.4) is 0 Å². The molecule has 2 aliphatic carbocycles. The summed E-state index contributed by atoms with van der Waals surface area (Å²) in [5.41, 5.74) is 6.27. The first-order valence-corrected chi connectivity index (χ1v) is 7.56. The van der Waals surface area contributed by atoms with Crippen molar-refractivity contribution < 1.29 is 0 Å². The topological polar surface area (TPSA) is 72.9 Å². The Balaban J connectivity index is 0.00000121. The maximum Gasteiger partial charge on any atom is 0.165 e. The van der Waals surface area contributed by atoms with Crippen molar-refractivity contribution in [2.75, 3.05) is 13.1 Å². The minimum atomic E-state index is 0. The van der Waals surface area contributed by atoms with Crippen LogP contribution in [0.15, 0.2) is 0 Å². The van der Waals surface area contributed by atoms with E-state index in [1.54, 1.807) is 0 Å². The van der Waals surface area contributed by atoms with Crippen LogP contribution >= 0.6 is 12.4 Å². The molecule has 0 bridgehead atoms. The van der Waals surface area contributed by atoms with Crippen LogP contribution in [0.2, 0.25) is 0 Å². The number of rotatable bonds is 3. The second-order valence-corrected chi connectivity index (χ2v) is 6.48. The summed E-state index contributed by atoms with van der Waals surface area (Å²) in [6.45, 7) is 3.20. The van der Waals surface area contributed by atoms with Gasteiger partial charge in [0.1, 0.15) is 0 Å². The molecule has 2 heterocycles. The molecule has 1 aromatic rings. The molecule has 3 aliphatic rings. The summed E-state index contributed by atoms with van der Waals surface area (Å²) in [6, 6.07) is 0.973. The molecule has 4 rings (SSSR count). The highest BCUT2D eigenvalue weighted by Crippen LogP contribution is 2.37. The molecule has 2 N–H and O–H groups in total. The molecule has 1 aromatic heterocycles. The number of hydrogen-bond donors (Lipinski definition) is 1. The summed E-state index contributed by atoms with van der Waals surface area (Å²) >= 11 is 0. The lowest BCUT2D eigenvalue weighted by atomic mass is 9.78. The van der Waals surface area contributed by atoms with Gasteiger partial charge in [0.05, 0.1) is 12.6 Å². The average molecular weight is 299 g/mol. The molecular formula is C13H23ClN6. The number of halogens is 1. The van der Waals surface area contributed by atoms with Crippen LogP contribution in [0.1, 0.15) is 44.0 Å². The minimum Gasteiger partial charge on any atom is -0.327 e. The maximum atomic E-state index is 6.27. The number of nitrogens with two attached hydrogens (primary N) is 1. The van der Waals surface area contributed by atoms with Crippen molar-refractivity contribution in [1.82, 2.24) is 25.1 Å². The highest BCUT2D eigenvalue weighted by Gasteiger charge is 2.39. The van der Waals surface area contributed by atoms with Gasteiger partial charge in [0.25, 0.3) is 0 Å². The van der Waals surface area contributed by atoms with E-state index in [2.05, 4.69) is 20.4 Å². The molecule has 3 atom stereocenters. The highest BCUT2D eigenvalue weighted by atomic mass is 35.5. The number of nitrogens with zero attached hydrogens (tertiary/aromatic N) is 5. The summed E-state index contributed by atoms with van der Waals surface area (Å²) in [6.07, 6.45) is 6.32. The van der Waals surface area contributed by atoms with Gasteiger partial charge in [-0.05, 0) is 47.9 Å². The van der Waals surface area contributed by atoms with Crippen LogP contribution in [0.5, 0.6) is 0 Å². The molecule has 0 radical (unpaired) electrons. The molecule has 0 amide bonds. The van der Waals surface area contributed by atoms with E-state index in [1.807, 2.05) is 4.68 Å². The molecule has 112 valence electrons. The Morgan fingerprint density at radius 3 is 2.75 bits per heavy atom. The molecule has 0 spiro atoms. The van der Waals surface area contributed by atoms with E-state index < -0.39 is 0 Å². The second kappa shape index (κ2) is 5.58. The van der Waals surface area contributed by atoms with Gasteiger partial charge in [-0.15, -0.1) is 17.5 Å². The lowest BCUT2D eigenvalue weighted by molar-refractivity contribution is 0.258. The lowest BCUT2D eigenvalue weighted by Gasteiger charge is -2.29. The number of fused-ring (bicyclic) bond motifs is 1. The zero-order valence-corrected chi connectivity index (χ0v) is 12.5. The Labute approximate surface area is 125 Å². The van der Waals surface area contributed by atoms with Crippen molar-refractivity contribution >= 4 is 12.4 Å². The molecule has 20 heavy (non-hydrogen) atoms. The summed E-state index contributed by atoms with van der Waals surface area (Å²) in [7, 11) is 0. The molecular weight excluding hydrogens is 276 g/mol. The molecule has 3 unspecified atom stereocenters. The van der Waals surface area contributed by atoms with Crippen LogP contribution in [-0.4, -0.2) is 44.2 Å². The third-order valence-corrected chi connectivity index (χ3v) is 5.05. The Bertz CT molecular complexity index is 459. The van der Waals surface area contributed by atoms with Crippen LogP contribution in [0.4, 0.5) is 0 Å². The number of hydrogen-bond acceptors (Lipinski definition) is 5. The summed E-state index contributed by atoms with van der Waals surface area (Å²) < 4.78 is 2.03. The molecule has 2 saturated carbocycles. The Kier molecular flexibility index (Phi) is 3.97. The molecule has 1 aliphatic heterocycles. The van der Waals surface area contributed by atoms with E-state index >= 15 is 0 Å². The fraction of sp³-hybridized carbons (Fsp3) is 0.923. The van der Waals surface area contributed by atoms with Gasteiger partial charge in [-0.25, -0.2) is 4.68 Å². The predicted molar refractivity (Wildman–Crippen MR) is 77.4 cm³/mol. The Morgan fingerprint density at radius 1 is 1.15 bits per heavy atom. The molecule has 3 fully saturated rings. The summed E-state index contributed by atoms with van der Waals surface area (Å²) in [5.74, 6) is 2.53. The van der Waals surface area contributed by atoms with Gasteiger partial charge >= 0.3 is 0 Å². The lowest BCUT2D eigenvalue weighted by Crippen LogP contribution is -2.38. The van der Waals surface area contributed by atoms with Crippen molar-refractivity contribution in [2.24, 2.45) is 17.6 Å². The van der Waals surface area contributed by atoms with Gasteiger partial charge in [-0.3, -0.25) is 4.90 Å². The van der Waals surface area contributed by atoms with E-state index in [0.717, 1.165) is 24.8 Å². The van der Waals surface area contributed by atoms with Crippen LogP contribution in [0.25, 0.3) is 0 Å². The zero-order valence-electron chi connectivity index (χ0n) is 11.7. The Hall–Kier alpha value is -0.720. The van der Waals surface area contributed by atoms with E-state index in [1.165, 1.54) is 38.6 Å². The zero-order chi connectivity index (χ0) is 12.8. The van der Waals surface area contributed by atoms with E-state index in [9.17, 15) is 0 Å². The van der Waals surface area contributed by atoms with Crippen molar-refractivity contribution in [3.05, 3.63) is 5.82 Å². The smallest absolute Gasteiger partial charge is 0.165 e. The first-order valence-electron chi connectivity index (χ1n) is 7.56. The van der Waals surface area contributed by atoms with Gasteiger partial charge in [-0.2, -0.15) is 0 Å². The fourth-order valence-corrected chi connectivity index (χ4v) is 3.86. The number of tetrazole rings is 1. The quantitative estimate of drug-likeness (QED) is 0.901. The van der Waals surface area contributed by atoms with E-state index in [-0.39, 0.29) is 12.4 Å². The molecule has 6 nitrogen and oxygen atoms in total.